The average Bonchev–Trinajstić information content (AvgIpc) is 2.26. The molecular formula is C10H7F5N2O. The van der Waals surface area contributed by atoms with E-state index >= 15 is 0 Å². The van der Waals surface area contributed by atoms with E-state index in [0.29, 0.717) is 6.20 Å². The molecule has 0 N–H and O–H groups in total. The SMILES string of the molecule is COc1ncc(C(F)(F)F)c(CC#N)c1C(F)F. The van der Waals surface area contributed by atoms with Crippen LogP contribution in [0.5, 0.6) is 5.88 Å². The van der Waals surface area contributed by atoms with Crippen LogP contribution in [0.15, 0.2) is 6.20 Å². The molecule has 0 amide bonds. The Kier molecular flexibility index (Phi) is 4.06. The summed E-state index contributed by atoms with van der Waals surface area (Å²) in [6, 6.07) is 1.43. The van der Waals surface area contributed by atoms with Crippen LogP contribution >= 0.6 is 0 Å². The molecule has 0 aliphatic rings. The number of halogens is 5. The van der Waals surface area contributed by atoms with Gasteiger partial charge in [-0.05, 0) is 5.56 Å². The standard InChI is InChI=1S/C10H7F5N2O/c1-18-9-7(8(11)12)5(2-3-16)6(4-17-9)10(13,14)15/h4,8H,2H2,1H3. The summed E-state index contributed by atoms with van der Waals surface area (Å²) < 4.78 is 67.9. The Morgan fingerprint density at radius 3 is 2.44 bits per heavy atom. The van der Waals surface area contributed by atoms with Gasteiger partial charge in [-0.1, -0.05) is 0 Å². The third kappa shape index (κ3) is 2.67. The second-order valence-electron chi connectivity index (χ2n) is 3.21. The highest BCUT2D eigenvalue weighted by molar-refractivity contribution is 5.43. The van der Waals surface area contributed by atoms with Gasteiger partial charge in [0.2, 0.25) is 5.88 Å². The van der Waals surface area contributed by atoms with Crippen molar-refractivity contribution in [2.45, 2.75) is 19.0 Å². The van der Waals surface area contributed by atoms with E-state index in [1.807, 2.05) is 0 Å². The van der Waals surface area contributed by atoms with Crippen molar-refractivity contribution in [3.63, 3.8) is 0 Å². The summed E-state index contributed by atoms with van der Waals surface area (Å²) in [6.07, 6.45) is -8.47. The van der Waals surface area contributed by atoms with Gasteiger partial charge in [0, 0.05) is 6.20 Å². The van der Waals surface area contributed by atoms with E-state index in [1.165, 1.54) is 6.07 Å². The summed E-state index contributed by atoms with van der Waals surface area (Å²) in [6.45, 7) is 0. The van der Waals surface area contributed by atoms with Crippen molar-refractivity contribution >= 4 is 0 Å². The maximum atomic E-state index is 12.8. The predicted molar refractivity (Wildman–Crippen MR) is 50.1 cm³/mol. The molecule has 0 saturated carbocycles. The van der Waals surface area contributed by atoms with Gasteiger partial charge in [-0.15, -0.1) is 0 Å². The summed E-state index contributed by atoms with van der Waals surface area (Å²) in [7, 11) is 1.01. The van der Waals surface area contributed by atoms with E-state index < -0.39 is 41.6 Å². The van der Waals surface area contributed by atoms with E-state index in [9.17, 15) is 22.0 Å². The summed E-state index contributed by atoms with van der Waals surface area (Å²) in [4.78, 5) is 3.20. The molecule has 98 valence electrons. The molecule has 0 unspecified atom stereocenters. The summed E-state index contributed by atoms with van der Waals surface area (Å²) in [5, 5.41) is 8.46. The third-order valence-electron chi connectivity index (χ3n) is 2.16. The minimum Gasteiger partial charge on any atom is -0.481 e. The number of nitriles is 1. The van der Waals surface area contributed by atoms with E-state index in [-0.39, 0.29) is 0 Å². The lowest BCUT2D eigenvalue weighted by molar-refractivity contribution is -0.138. The van der Waals surface area contributed by atoms with Gasteiger partial charge in [-0.2, -0.15) is 18.4 Å². The number of ether oxygens (including phenoxy) is 1. The van der Waals surface area contributed by atoms with Crippen molar-refractivity contribution in [1.82, 2.24) is 4.98 Å². The minimum atomic E-state index is -4.85. The van der Waals surface area contributed by atoms with Crippen LogP contribution in [0.4, 0.5) is 22.0 Å². The smallest absolute Gasteiger partial charge is 0.418 e. The van der Waals surface area contributed by atoms with Gasteiger partial charge in [-0.25, -0.2) is 13.8 Å². The van der Waals surface area contributed by atoms with Crippen molar-refractivity contribution in [3.8, 4) is 11.9 Å². The first-order chi connectivity index (χ1) is 8.32. The first kappa shape index (κ1) is 14.2. The van der Waals surface area contributed by atoms with Crippen LogP contribution in [0.25, 0.3) is 0 Å². The Labute approximate surface area is 98.8 Å². The monoisotopic (exact) mass is 266 g/mol. The summed E-state index contributed by atoms with van der Waals surface area (Å²) in [5.74, 6) is -0.608. The maximum absolute atomic E-state index is 12.8. The number of rotatable bonds is 3. The second kappa shape index (κ2) is 5.16. The third-order valence-corrected chi connectivity index (χ3v) is 2.16. The number of hydrogen-bond donors (Lipinski definition) is 0. The normalized spacial score (nSPS) is 11.4. The zero-order chi connectivity index (χ0) is 13.9. The molecule has 3 nitrogen and oxygen atoms in total. The molecule has 1 rings (SSSR count). The molecule has 1 aromatic rings. The fraction of sp³-hybridized carbons (Fsp3) is 0.400. The van der Waals surface area contributed by atoms with Crippen LogP contribution < -0.4 is 4.74 Å². The van der Waals surface area contributed by atoms with Crippen LogP contribution in [0.2, 0.25) is 0 Å². The average molecular weight is 266 g/mol. The molecule has 0 spiro atoms. The van der Waals surface area contributed by atoms with Crippen LogP contribution in [0.1, 0.15) is 23.1 Å². The first-order valence-corrected chi connectivity index (χ1v) is 4.61. The molecule has 0 aliphatic heterocycles. The van der Waals surface area contributed by atoms with Crippen LogP contribution in [-0.4, -0.2) is 12.1 Å². The number of aromatic nitrogens is 1. The van der Waals surface area contributed by atoms with Crippen molar-refractivity contribution in [3.05, 3.63) is 22.9 Å². The molecule has 1 heterocycles. The van der Waals surface area contributed by atoms with Gasteiger partial charge in [-0.3, -0.25) is 0 Å². The fourth-order valence-corrected chi connectivity index (χ4v) is 1.45. The zero-order valence-corrected chi connectivity index (χ0v) is 9.05. The van der Waals surface area contributed by atoms with Crippen molar-refractivity contribution < 1.29 is 26.7 Å². The first-order valence-electron chi connectivity index (χ1n) is 4.61. The van der Waals surface area contributed by atoms with E-state index in [4.69, 9.17) is 5.26 Å². The molecule has 8 heteroatoms. The molecule has 0 fully saturated rings. The van der Waals surface area contributed by atoms with Crippen LogP contribution in [0.3, 0.4) is 0 Å². The Morgan fingerprint density at radius 1 is 1.44 bits per heavy atom. The van der Waals surface area contributed by atoms with E-state index in [2.05, 4.69) is 9.72 Å². The number of methoxy groups -OCH3 is 1. The predicted octanol–water partition coefficient (Wildman–Crippen LogP) is 3.11. The lowest BCUT2D eigenvalue weighted by Gasteiger charge is -2.16. The summed E-state index contributed by atoms with van der Waals surface area (Å²) >= 11 is 0. The Bertz CT molecular complexity index is 478. The van der Waals surface area contributed by atoms with E-state index in [1.54, 1.807) is 0 Å². The fourth-order valence-electron chi connectivity index (χ4n) is 1.45. The maximum Gasteiger partial charge on any atom is 0.418 e. The molecule has 0 aliphatic carbocycles. The Morgan fingerprint density at radius 2 is 2.06 bits per heavy atom. The number of pyridine rings is 1. The zero-order valence-electron chi connectivity index (χ0n) is 9.05. The number of nitrogens with zero attached hydrogens (tertiary/aromatic N) is 2. The molecule has 0 saturated heterocycles. The molecule has 18 heavy (non-hydrogen) atoms. The van der Waals surface area contributed by atoms with E-state index in [0.717, 1.165) is 7.11 Å². The number of alkyl halides is 5. The Balaban J connectivity index is 3.58. The van der Waals surface area contributed by atoms with Gasteiger partial charge in [0.25, 0.3) is 6.43 Å². The van der Waals surface area contributed by atoms with Gasteiger partial charge in [0.1, 0.15) is 0 Å². The van der Waals surface area contributed by atoms with Gasteiger partial charge in [0.05, 0.1) is 30.7 Å². The topological polar surface area (TPSA) is 45.9 Å². The van der Waals surface area contributed by atoms with Crippen LogP contribution in [-0.2, 0) is 12.6 Å². The van der Waals surface area contributed by atoms with Crippen molar-refractivity contribution in [2.75, 3.05) is 7.11 Å². The molecule has 0 atom stereocenters. The molecule has 0 radical (unpaired) electrons. The Hall–Kier alpha value is -1.91. The van der Waals surface area contributed by atoms with Gasteiger partial charge >= 0.3 is 6.18 Å². The molecule has 0 bridgehead atoms. The minimum absolute atomic E-state index is 0.386. The van der Waals surface area contributed by atoms with Crippen LogP contribution in [0, 0.1) is 11.3 Å². The van der Waals surface area contributed by atoms with Crippen molar-refractivity contribution in [1.29, 1.82) is 5.26 Å². The van der Waals surface area contributed by atoms with Crippen molar-refractivity contribution in [2.24, 2.45) is 0 Å². The second-order valence-corrected chi connectivity index (χ2v) is 3.21. The summed E-state index contributed by atoms with van der Waals surface area (Å²) in [5.41, 5.74) is -3.14. The lowest BCUT2D eigenvalue weighted by Crippen LogP contribution is -2.13. The highest BCUT2D eigenvalue weighted by Crippen LogP contribution is 2.39. The number of hydrogen-bond acceptors (Lipinski definition) is 3. The highest BCUT2D eigenvalue weighted by atomic mass is 19.4. The molecule has 1 aromatic heterocycles. The quantitative estimate of drug-likeness (QED) is 0.789. The molecular weight excluding hydrogens is 259 g/mol. The van der Waals surface area contributed by atoms with Gasteiger partial charge in [0.15, 0.2) is 0 Å². The molecule has 0 aromatic carbocycles. The lowest BCUT2D eigenvalue weighted by atomic mass is 10.0. The highest BCUT2D eigenvalue weighted by Gasteiger charge is 2.37. The van der Waals surface area contributed by atoms with Gasteiger partial charge < -0.3 is 4.74 Å². The largest absolute Gasteiger partial charge is 0.481 e.